The number of carbonyl (C=O) groups is 2. The fourth-order valence-electron chi connectivity index (χ4n) is 10.5. The zero-order valence-corrected chi connectivity index (χ0v) is 20.5. The van der Waals surface area contributed by atoms with Crippen LogP contribution in [0.1, 0.15) is 89.9 Å². The summed E-state index contributed by atoms with van der Waals surface area (Å²) in [7, 11) is 4.07. The number of hydrogen-bond donors (Lipinski definition) is 0. The van der Waals surface area contributed by atoms with Gasteiger partial charge < -0.3 is 9.80 Å². The highest BCUT2D eigenvalue weighted by atomic mass is 16.2. The summed E-state index contributed by atoms with van der Waals surface area (Å²) in [5.74, 6) is 5.81. The molecule has 0 aromatic carbocycles. The van der Waals surface area contributed by atoms with Crippen LogP contribution < -0.4 is 0 Å². The number of amides is 2. The van der Waals surface area contributed by atoms with Gasteiger partial charge in [0.2, 0.25) is 11.8 Å². The Morgan fingerprint density at radius 3 is 1.06 bits per heavy atom. The van der Waals surface area contributed by atoms with Crippen LogP contribution in [-0.2, 0) is 9.59 Å². The fourth-order valence-corrected chi connectivity index (χ4v) is 10.5. The molecule has 2 amide bonds. The molecule has 32 heavy (non-hydrogen) atoms. The molecule has 0 saturated heterocycles. The lowest BCUT2D eigenvalue weighted by atomic mass is 9.49. The van der Waals surface area contributed by atoms with Crippen molar-refractivity contribution in [3.05, 3.63) is 0 Å². The second-order valence-corrected chi connectivity index (χ2v) is 13.6. The van der Waals surface area contributed by atoms with E-state index >= 15 is 0 Å². The van der Waals surface area contributed by atoms with Crippen LogP contribution in [0.3, 0.4) is 0 Å². The van der Waals surface area contributed by atoms with E-state index in [-0.39, 0.29) is 10.8 Å². The Labute approximate surface area is 194 Å². The molecule has 8 aliphatic carbocycles. The molecule has 0 aliphatic heterocycles. The number of unbranched alkanes of at least 4 members (excludes halogenated alkanes) is 1. The minimum atomic E-state index is -0.0191. The lowest BCUT2D eigenvalue weighted by molar-refractivity contribution is -0.157. The molecule has 0 unspecified atom stereocenters. The minimum Gasteiger partial charge on any atom is -0.345 e. The molecular weight excluding hydrogens is 396 g/mol. The maximum absolute atomic E-state index is 13.5. The molecule has 178 valence electrons. The predicted octanol–water partition coefficient (Wildman–Crippen LogP) is 5.12. The first-order chi connectivity index (χ1) is 15.3. The predicted molar refractivity (Wildman–Crippen MR) is 126 cm³/mol. The number of carbonyl (C=O) groups excluding carboxylic acids is 2. The fraction of sp³-hybridized carbons (Fsp3) is 0.929. The molecule has 0 radical (unpaired) electrons. The first kappa shape index (κ1) is 21.5. The Morgan fingerprint density at radius 1 is 0.562 bits per heavy atom. The lowest BCUT2D eigenvalue weighted by Crippen LogP contribution is -2.54. The van der Waals surface area contributed by atoms with Gasteiger partial charge in [-0.25, -0.2) is 0 Å². The maximum Gasteiger partial charge on any atom is 0.228 e. The average molecular weight is 441 g/mol. The van der Waals surface area contributed by atoms with Crippen LogP contribution in [0.2, 0.25) is 0 Å². The average Bonchev–Trinajstić information content (AvgIpc) is 2.73. The molecule has 8 bridgehead atoms. The topological polar surface area (TPSA) is 40.6 Å². The quantitative estimate of drug-likeness (QED) is 0.516. The minimum absolute atomic E-state index is 0.0191. The summed E-state index contributed by atoms with van der Waals surface area (Å²) in [5.41, 5.74) is -0.0382. The van der Waals surface area contributed by atoms with Crippen LogP contribution >= 0.6 is 0 Å². The summed E-state index contributed by atoms with van der Waals surface area (Å²) >= 11 is 0. The summed E-state index contributed by atoms with van der Waals surface area (Å²) in [6.45, 7) is 1.69. The van der Waals surface area contributed by atoms with Crippen molar-refractivity contribution in [2.75, 3.05) is 27.2 Å². The van der Waals surface area contributed by atoms with Crippen LogP contribution in [0, 0.1) is 46.3 Å². The van der Waals surface area contributed by atoms with Crippen molar-refractivity contribution in [1.29, 1.82) is 0 Å². The summed E-state index contributed by atoms with van der Waals surface area (Å²) < 4.78 is 0. The van der Waals surface area contributed by atoms with Crippen molar-refractivity contribution in [1.82, 2.24) is 9.80 Å². The Hall–Kier alpha value is -1.06. The van der Waals surface area contributed by atoms with Gasteiger partial charge in [-0.3, -0.25) is 9.59 Å². The van der Waals surface area contributed by atoms with E-state index in [0.717, 1.165) is 100.0 Å². The highest BCUT2D eigenvalue weighted by Gasteiger charge is 2.56. The highest BCUT2D eigenvalue weighted by Crippen LogP contribution is 2.61. The summed E-state index contributed by atoms with van der Waals surface area (Å²) in [6, 6.07) is 0. The monoisotopic (exact) mass is 440 g/mol. The van der Waals surface area contributed by atoms with E-state index in [0.29, 0.717) is 11.8 Å². The van der Waals surface area contributed by atoms with Crippen molar-refractivity contribution in [2.45, 2.75) is 89.9 Å². The van der Waals surface area contributed by atoms with Gasteiger partial charge in [-0.15, -0.1) is 0 Å². The summed E-state index contributed by atoms with van der Waals surface area (Å²) in [6.07, 6.45) is 17.3. The largest absolute Gasteiger partial charge is 0.345 e. The van der Waals surface area contributed by atoms with Gasteiger partial charge in [0, 0.05) is 27.2 Å². The van der Waals surface area contributed by atoms with Crippen molar-refractivity contribution in [3.8, 4) is 0 Å². The van der Waals surface area contributed by atoms with Crippen molar-refractivity contribution < 1.29 is 9.59 Å². The van der Waals surface area contributed by atoms with E-state index in [1.807, 2.05) is 23.9 Å². The van der Waals surface area contributed by atoms with Crippen LogP contribution in [0.15, 0.2) is 0 Å². The highest BCUT2D eigenvalue weighted by molar-refractivity contribution is 5.83. The third-order valence-electron chi connectivity index (χ3n) is 10.9. The molecule has 0 aromatic rings. The van der Waals surface area contributed by atoms with E-state index in [1.165, 1.54) is 38.5 Å². The van der Waals surface area contributed by atoms with Gasteiger partial charge in [0.25, 0.3) is 0 Å². The number of hydrogen-bond acceptors (Lipinski definition) is 2. The van der Waals surface area contributed by atoms with Crippen molar-refractivity contribution >= 4 is 11.8 Å². The van der Waals surface area contributed by atoms with Gasteiger partial charge in [0.15, 0.2) is 0 Å². The van der Waals surface area contributed by atoms with Crippen molar-refractivity contribution in [2.24, 2.45) is 46.3 Å². The Balaban J connectivity index is 0.983. The van der Waals surface area contributed by atoms with Crippen LogP contribution in [0.5, 0.6) is 0 Å². The third-order valence-corrected chi connectivity index (χ3v) is 10.9. The van der Waals surface area contributed by atoms with Crippen LogP contribution in [-0.4, -0.2) is 48.8 Å². The molecule has 8 fully saturated rings. The van der Waals surface area contributed by atoms with Gasteiger partial charge in [-0.1, -0.05) is 0 Å². The SMILES string of the molecule is CN(CCCCN(C)C(=O)C12CC3CC(CC(C3)C1)C2)C(=O)C12CC3CC(CC(C3)C1)C2. The van der Waals surface area contributed by atoms with Gasteiger partial charge in [-0.2, -0.15) is 0 Å². The van der Waals surface area contributed by atoms with Crippen LogP contribution in [0.4, 0.5) is 0 Å². The van der Waals surface area contributed by atoms with Gasteiger partial charge in [0.1, 0.15) is 0 Å². The standard InChI is InChI=1S/C28H44N2O2/c1-29(25(31)27-13-19-7-20(14-27)9-21(8-19)15-27)5-3-4-6-30(2)26(32)28-16-22-10-23(17-28)12-24(11-22)18-28/h19-24H,3-18H2,1-2H3. The van der Waals surface area contributed by atoms with Gasteiger partial charge in [0.05, 0.1) is 10.8 Å². The summed E-state index contributed by atoms with van der Waals surface area (Å²) in [4.78, 5) is 31.0. The Bertz CT molecular complexity index is 639. The second kappa shape index (κ2) is 7.73. The molecule has 0 N–H and O–H groups in total. The molecule has 4 heteroatoms. The molecular formula is C28H44N2O2. The van der Waals surface area contributed by atoms with Crippen molar-refractivity contribution in [3.63, 3.8) is 0 Å². The van der Waals surface area contributed by atoms with E-state index in [4.69, 9.17) is 0 Å². The Kier molecular flexibility index (Phi) is 5.19. The molecule has 8 rings (SSSR count). The third kappa shape index (κ3) is 3.54. The van der Waals surface area contributed by atoms with E-state index < -0.39 is 0 Å². The zero-order chi connectivity index (χ0) is 22.1. The number of nitrogens with zero attached hydrogens (tertiary/aromatic N) is 2. The Morgan fingerprint density at radius 2 is 0.812 bits per heavy atom. The smallest absolute Gasteiger partial charge is 0.228 e. The van der Waals surface area contributed by atoms with Gasteiger partial charge >= 0.3 is 0 Å². The van der Waals surface area contributed by atoms with Gasteiger partial charge in [-0.05, 0) is 125 Å². The normalized spacial score (nSPS) is 45.3. The molecule has 8 saturated carbocycles. The lowest BCUT2D eigenvalue weighted by Gasteiger charge is -2.56. The zero-order valence-electron chi connectivity index (χ0n) is 20.5. The first-order valence-electron chi connectivity index (χ1n) is 13.9. The number of rotatable bonds is 7. The molecule has 8 aliphatic rings. The summed E-state index contributed by atoms with van der Waals surface area (Å²) in [5, 5.41) is 0. The first-order valence-corrected chi connectivity index (χ1v) is 13.9. The second-order valence-electron chi connectivity index (χ2n) is 13.6. The molecule has 0 spiro atoms. The molecule has 0 heterocycles. The molecule has 0 aromatic heterocycles. The van der Waals surface area contributed by atoms with E-state index in [1.54, 1.807) is 0 Å². The van der Waals surface area contributed by atoms with E-state index in [9.17, 15) is 9.59 Å². The molecule has 4 nitrogen and oxygen atoms in total. The maximum atomic E-state index is 13.5. The molecule has 0 atom stereocenters. The van der Waals surface area contributed by atoms with E-state index in [2.05, 4.69) is 0 Å². The van der Waals surface area contributed by atoms with Crippen LogP contribution in [0.25, 0.3) is 0 Å².